The van der Waals surface area contributed by atoms with E-state index in [0.717, 1.165) is 18.4 Å². The van der Waals surface area contributed by atoms with Crippen LogP contribution >= 0.6 is 0 Å². The third kappa shape index (κ3) is 6.58. The molecule has 0 radical (unpaired) electrons. The minimum atomic E-state index is -1.01. The molecule has 1 aromatic heterocycles. The Morgan fingerprint density at radius 1 is 1.05 bits per heavy atom. The average molecular weight is 572 g/mol. The fourth-order valence-electron chi connectivity index (χ4n) is 5.01. The fourth-order valence-corrected chi connectivity index (χ4v) is 5.01. The highest BCUT2D eigenvalue weighted by molar-refractivity contribution is 5.91. The van der Waals surface area contributed by atoms with Gasteiger partial charge >= 0.3 is 5.97 Å². The van der Waals surface area contributed by atoms with E-state index in [1.165, 1.54) is 16.7 Å². The topological polar surface area (TPSA) is 125 Å². The first-order valence-corrected chi connectivity index (χ1v) is 13.7. The van der Waals surface area contributed by atoms with Gasteiger partial charge in [0.15, 0.2) is 0 Å². The maximum Gasteiger partial charge on any atom is 0.337 e. The predicted molar refractivity (Wildman–Crippen MR) is 154 cm³/mol. The van der Waals surface area contributed by atoms with Crippen LogP contribution in [0.25, 0.3) is 11.0 Å². The average Bonchev–Trinajstić information content (AvgIpc) is 3.70. The van der Waals surface area contributed by atoms with E-state index in [2.05, 4.69) is 15.6 Å². The Kier molecular flexibility index (Phi) is 9.08. The van der Waals surface area contributed by atoms with Crippen LogP contribution in [-0.4, -0.2) is 71.2 Å². The van der Waals surface area contributed by atoms with E-state index < -0.39 is 12.0 Å². The number of esters is 1. The maximum atomic E-state index is 14.1. The Hall–Kier alpha value is -4.77. The molecule has 3 aromatic carbocycles. The molecule has 2 atom stereocenters. The molecular formula is C31H33N5O6. The molecule has 1 aliphatic rings. The monoisotopic (exact) mass is 571 g/mol. The summed E-state index contributed by atoms with van der Waals surface area (Å²) in [4.78, 5) is 41.7. The summed E-state index contributed by atoms with van der Waals surface area (Å²) in [5.41, 5.74) is 3.05. The molecule has 0 saturated carbocycles. The number of carbonyl (C=O) groups excluding carboxylic acids is 3. The molecule has 1 fully saturated rings. The van der Waals surface area contributed by atoms with Gasteiger partial charge in [-0.15, -0.1) is 5.10 Å². The number of hydrogen-bond acceptors (Lipinski definition) is 8. The minimum absolute atomic E-state index is 0.0800. The van der Waals surface area contributed by atoms with Crippen LogP contribution in [0.4, 0.5) is 0 Å². The highest BCUT2D eigenvalue weighted by Crippen LogP contribution is 2.26. The number of nitrogens with zero attached hydrogens (tertiary/aromatic N) is 4. The molecule has 1 N–H and O–H groups in total. The van der Waals surface area contributed by atoms with E-state index in [9.17, 15) is 14.4 Å². The molecular weight excluding hydrogens is 538 g/mol. The lowest BCUT2D eigenvalue weighted by Gasteiger charge is -2.32. The van der Waals surface area contributed by atoms with Crippen molar-refractivity contribution in [3.63, 3.8) is 0 Å². The summed E-state index contributed by atoms with van der Waals surface area (Å²) in [6, 6.07) is 20.2. The quantitative estimate of drug-likeness (QED) is 0.272. The van der Waals surface area contributed by atoms with Gasteiger partial charge in [0.25, 0.3) is 0 Å². The molecule has 2 heterocycles. The molecule has 1 saturated heterocycles. The summed E-state index contributed by atoms with van der Waals surface area (Å²) in [6.45, 7) is 0.986. The number of benzene rings is 3. The Morgan fingerprint density at radius 2 is 1.81 bits per heavy atom. The molecule has 0 unspecified atom stereocenters. The van der Waals surface area contributed by atoms with Gasteiger partial charge in [-0.05, 0) is 60.4 Å². The Morgan fingerprint density at radius 3 is 2.50 bits per heavy atom. The third-order valence-electron chi connectivity index (χ3n) is 7.27. The number of carbonyl (C=O) groups is 3. The van der Waals surface area contributed by atoms with Gasteiger partial charge in [-0.2, -0.15) is 0 Å². The Labute approximate surface area is 243 Å². The van der Waals surface area contributed by atoms with Crippen LogP contribution in [0.1, 0.15) is 40.4 Å². The molecule has 5 rings (SSSR count). The number of nitrogens with one attached hydrogen (secondary N) is 1. The van der Waals surface area contributed by atoms with E-state index in [-0.39, 0.29) is 31.0 Å². The zero-order valence-electron chi connectivity index (χ0n) is 23.6. The zero-order chi connectivity index (χ0) is 29.5. The second-order valence-electron chi connectivity index (χ2n) is 10.0. The van der Waals surface area contributed by atoms with Gasteiger partial charge in [0.2, 0.25) is 11.8 Å². The summed E-state index contributed by atoms with van der Waals surface area (Å²) in [5, 5.41) is 11.4. The van der Waals surface area contributed by atoms with Crippen molar-refractivity contribution < 1.29 is 28.6 Å². The number of aromatic nitrogens is 3. The van der Waals surface area contributed by atoms with E-state index >= 15 is 0 Å². The highest BCUT2D eigenvalue weighted by atomic mass is 16.5. The van der Waals surface area contributed by atoms with Crippen molar-refractivity contribution in [1.82, 2.24) is 25.2 Å². The Bertz CT molecular complexity index is 1530. The largest absolute Gasteiger partial charge is 0.497 e. The van der Waals surface area contributed by atoms with Crippen molar-refractivity contribution in [2.24, 2.45) is 0 Å². The number of rotatable bonds is 11. The molecule has 218 valence electrons. The van der Waals surface area contributed by atoms with Crippen LogP contribution < -0.4 is 10.1 Å². The van der Waals surface area contributed by atoms with Crippen molar-refractivity contribution in [2.45, 2.75) is 38.1 Å². The lowest BCUT2D eigenvalue weighted by molar-refractivity contribution is -0.142. The van der Waals surface area contributed by atoms with Crippen LogP contribution in [0.2, 0.25) is 0 Å². The van der Waals surface area contributed by atoms with E-state index in [1.54, 1.807) is 43.5 Å². The van der Waals surface area contributed by atoms with Crippen molar-refractivity contribution >= 4 is 28.8 Å². The smallest absolute Gasteiger partial charge is 0.337 e. The standard InChI is InChI=1S/C31H33N5O6/c1-40-24-15-9-21(10-16-24)19-35(28(37)20-36-27-8-4-3-7-26(27)33-34-36)29(30(38)32-18-25-6-5-17-42-25)22-11-13-23(14-12-22)31(39)41-2/h3-4,7-16,25,29H,5-6,17-20H2,1-2H3,(H,32,38)/t25-,29+/m1/s1. The molecule has 11 nitrogen and oxygen atoms in total. The van der Waals surface area contributed by atoms with Gasteiger partial charge in [0, 0.05) is 19.7 Å². The van der Waals surface area contributed by atoms with Crippen LogP contribution in [0.3, 0.4) is 0 Å². The number of ether oxygens (including phenoxy) is 3. The fraction of sp³-hybridized carbons (Fsp3) is 0.323. The zero-order valence-corrected chi connectivity index (χ0v) is 23.6. The summed E-state index contributed by atoms with van der Waals surface area (Å²) in [5.74, 6) is -0.516. The number of fused-ring (bicyclic) bond motifs is 1. The normalized spacial score (nSPS) is 15.2. The van der Waals surface area contributed by atoms with Crippen molar-refractivity contribution in [2.75, 3.05) is 27.4 Å². The van der Waals surface area contributed by atoms with Crippen LogP contribution in [-0.2, 0) is 32.2 Å². The van der Waals surface area contributed by atoms with Crippen molar-refractivity contribution in [1.29, 1.82) is 0 Å². The van der Waals surface area contributed by atoms with Gasteiger partial charge in [-0.3, -0.25) is 9.59 Å². The Balaban J connectivity index is 1.51. The molecule has 0 spiro atoms. The summed E-state index contributed by atoms with van der Waals surface area (Å²) in [7, 11) is 2.89. The maximum absolute atomic E-state index is 14.1. The first kappa shape index (κ1) is 28.7. The van der Waals surface area contributed by atoms with Gasteiger partial charge in [0.05, 0.1) is 31.4 Å². The number of para-hydroxylation sites is 1. The first-order chi connectivity index (χ1) is 20.5. The second-order valence-corrected chi connectivity index (χ2v) is 10.0. The highest BCUT2D eigenvalue weighted by Gasteiger charge is 2.33. The van der Waals surface area contributed by atoms with Gasteiger partial charge in [-0.25, -0.2) is 9.48 Å². The number of amides is 2. The van der Waals surface area contributed by atoms with Crippen LogP contribution in [0, 0.1) is 0 Å². The molecule has 4 aromatic rings. The molecule has 42 heavy (non-hydrogen) atoms. The van der Waals surface area contributed by atoms with E-state index in [0.29, 0.717) is 41.1 Å². The first-order valence-electron chi connectivity index (χ1n) is 13.7. The molecule has 0 bridgehead atoms. The summed E-state index contributed by atoms with van der Waals surface area (Å²) < 4.78 is 17.4. The lowest BCUT2D eigenvalue weighted by atomic mass is 10.0. The second kappa shape index (κ2) is 13.3. The van der Waals surface area contributed by atoms with E-state index in [4.69, 9.17) is 14.2 Å². The predicted octanol–water partition coefficient (Wildman–Crippen LogP) is 3.29. The minimum Gasteiger partial charge on any atom is -0.497 e. The van der Waals surface area contributed by atoms with Crippen molar-refractivity contribution in [3.05, 3.63) is 89.5 Å². The summed E-state index contributed by atoms with van der Waals surface area (Å²) in [6.07, 6.45) is 1.71. The SMILES string of the molecule is COC(=O)c1ccc([C@@H](C(=O)NC[C@H]2CCCO2)N(Cc2ccc(OC)cc2)C(=O)Cn2nnc3ccccc32)cc1. The lowest BCUT2D eigenvalue weighted by Crippen LogP contribution is -2.46. The molecule has 0 aliphatic carbocycles. The van der Waals surface area contributed by atoms with Crippen molar-refractivity contribution in [3.8, 4) is 5.75 Å². The van der Waals surface area contributed by atoms with Crippen LogP contribution in [0.15, 0.2) is 72.8 Å². The van der Waals surface area contributed by atoms with Gasteiger partial charge < -0.3 is 24.4 Å². The number of methoxy groups -OCH3 is 2. The molecule has 11 heteroatoms. The van der Waals surface area contributed by atoms with Crippen LogP contribution in [0.5, 0.6) is 5.75 Å². The summed E-state index contributed by atoms with van der Waals surface area (Å²) >= 11 is 0. The number of hydrogen-bond donors (Lipinski definition) is 1. The third-order valence-corrected chi connectivity index (χ3v) is 7.27. The molecule has 2 amide bonds. The molecule has 1 aliphatic heterocycles. The van der Waals surface area contributed by atoms with Gasteiger partial charge in [-0.1, -0.05) is 41.6 Å². The van der Waals surface area contributed by atoms with E-state index in [1.807, 2.05) is 36.4 Å². The van der Waals surface area contributed by atoms with Gasteiger partial charge in [0.1, 0.15) is 23.9 Å².